The number of rotatable bonds is 7. The van der Waals surface area contributed by atoms with Gasteiger partial charge >= 0.3 is 6.18 Å². The van der Waals surface area contributed by atoms with Crippen LogP contribution in [0, 0.1) is 0 Å². The van der Waals surface area contributed by atoms with Gasteiger partial charge in [-0.05, 0) is 39.5 Å². The van der Waals surface area contributed by atoms with Gasteiger partial charge in [0, 0.05) is 17.8 Å². The van der Waals surface area contributed by atoms with Crippen LogP contribution in [-0.4, -0.2) is 17.2 Å². The highest BCUT2D eigenvalue weighted by molar-refractivity contribution is 7.09. The van der Waals surface area contributed by atoms with Crippen LogP contribution >= 0.6 is 11.3 Å². The van der Waals surface area contributed by atoms with Crippen LogP contribution in [0.2, 0.25) is 0 Å². The van der Waals surface area contributed by atoms with Crippen molar-refractivity contribution < 1.29 is 13.2 Å². The summed E-state index contributed by atoms with van der Waals surface area (Å²) in [5, 5.41) is 6.27. The maximum Gasteiger partial charge on any atom is 0.389 e. The molecule has 0 fully saturated rings. The highest BCUT2D eigenvalue weighted by Crippen LogP contribution is 2.33. The molecule has 0 amide bonds. The van der Waals surface area contributed by atoms with Gasteiger partial charge in [0.25, 0.3) is 0 Å². The summed E-state index contributed by atoms with van der Waals surface area (Å²) in [5.74, 6) is 0.327. The molecule has 0 aromatic carbocycles. The summed E-state index contributed by atoms with van der Waals surface area (Å²) in [6.45, 7) is 10.1. The molecule has 0 radical (unpaired) electrons. The van der Waals surface area contributed by atoms with E-state index in [9.17, 15) is 13.2 Å². The minimum atomic E-state index is -4.09. The van der Waals surface area contributed by atoms with Crippen LogP contribution in [0.3, 0.4) is 0 Å². The molecule has 2 nitrogen and oxygen atoms in total. The smallest absolute Gasteiger partial charge is 0.303 e. The average Bonchev–Trinajstić information content (AvgIpc) is 2.75. The van der Waals surface area contributed by atoms with Gasteiger partial charge in [-0.2, -0.15) is 13.2 Å². The van der Waals surface area contributed by atoms with Crippen LogP contribution in [0.15, 0.2) is 5.38 Å². The quantitative estimate of drug-likeness (QED) is 0.745. The molecule has 1 atom stereocenters. The SMILES string of the molecule is CC(C)NC(C)(CCCC(F)(F)F)c1nc(C(C)C)cs1. The Morgan fingerprint density at radius 1 is 1.19 bits per heavy atom. The van der Waals surface area contributed by atoms with Crippen molar-refractivity contribution in [1.82, 2.24) is 10.3 Å². The summed E-state index contributed by atoms with van der Waals surface area (Å²) < 4.78 is 37.1. The molecule has 1 aromatic rings. The van der Waals surface area contributed by atoms with Crippen molar-refractivity contribution in [3.8, 4) is 0 Å². The summed E-state index contributed by atoms with van der Waals surface area (Å²) in [7, 11) is 0. The molecular weight excluding hydrogens is 297 g/mol. The number of thiazole rings is 1. The first kappa shape index (κ1) is 18.4. The van der Waals surface area contributed by atoms with Crippen molar-refractivity contribution in [1.29, 1.82) is 0 Å². The molecule has 0 saturated heterocycles. The van der Waals surface area contributed by atoms with Crippen LogP contribution in [0.25, 0.3) is 0 Å². The first-order valence-electron chi connectivity index (χ1n) is 7.34. The van der Waals surface area contributed by atoms with Crippen molar-refractivity contribution >= 4 is 11.3 Å². The molecule has 1 rings (SSSR count). The van der Waals surface area contributed by atoms with Gasteiger partial charge in [0.1, 0.15) is 5.01 Å². The topological polar surface area (TPSA) is 24.9 Å². The largest absolute Gasteiger partial charge is 0.389 e. The van der Waals surface area contributed by atoms with Crippen molar-refractivity contribution in [3.05, 3.63) is 16.1 Å². The van der Waals surface area contributed by atoms with Crippen LogP contribution < -0.4 is 5.32 Å². The maximum absolute atomic E-state index is 12.4. The first-order valence-corrected chi connectivity index (χ1v) is 8.22. The van der Waals surface area contributed by atoms with Crippen molar-refractivity contribution in [2.45, 2.75) is 77.6 Å². The predicted octanol–water partition coefficient (Wildman–Crippen LogP) is 5.21. The van der Waals surface area contributed by atoms with E-state index in [1.54, 1.807) is 0 Å². The third kappa shape index (κ3) is 5.94. The molecule has 0 aliphatic carbocycles. The number of hydrogen-bond donors (Lipinski definition) is 1. The number of nitrogens with one attached hydrogen (secondary N) is 1. The molecule has 21 heavy (non-hydrogen) atoms. The molecule has 122 valence electrons. The summed E-state index contributed by atoms with van der Waals surface area (Å²) >= 11 is 1.53. The van der Waals surface area contributed by atoms with E-state index in [4.69, 9.17) is 0 Å². The Morgan fingerprint density at radius 2 is 1.81 bits per heavy atom. The maximum atomic E-state index is 12.4. The average molecular weight is 322 g/mol. The minimum absolute atomic E-state index is 0.107. The Labute approximate surface area is 129 Å². The molecule has 0 saturated carbocycles. The Morgan fingerprint density at radius 3 is 2.24 bits per heavy atom. The van der Waals surface area contributed by atoms with E-state index in [1.807, 2.05) is 26.2 Å². The molecule has 1 heterocycles. The lowest BCUT2D eigenvalue weighted by molar-refractivity contribution is -0.136. The van der Waals surface area contributed by atoms with E-state index < -0.39 is 18.1 Å². The molecule has 0 aliphatic heterocycles. The predicted molar refractivity (Wildman–Crippen MR) is 81.7 cm³/mol. The molecule has 1 N–H and O–H groups in total. The van der Waals surface area contributed by atoms with Gasteiger partial charge in [0.15, 0.2) is 0 Å². The fourth-order valence-electron chi connectivity index (χ4n) is 2.33. The van der Waals surface area contributed by atoms with E-state index in [2.05, 4.69) is 24.1 Å². The third-order valence-electron chi connectivity index (χ3n) is 3.33. The van der Waals surface area contributed by atoms with Gasteiger partial charge < -0.3 is 5.32 Å². The number of alkyl halides is 3. The van der Waals surface area contributed by atoms with Crippen molar-refractivity contribution in [2.24, 2.45) is 0 Å². The lowest BCUT2D eigenvalue weighted by atomic mass is 9.94. The standard InChI is InChI=1S/C15H25F3N2S/c1-10(2)12-9-21-13(19-12)14(5,20-11(3)4)7-6-8-15(16,17)18/h9-11,20H,6-8H2,1-5H3. The summed E-state index contributed by atoms with van der Waals surface area (Å²) in [5.41, 5.74) is 0.500. The molecule has 6 heteroatoms. The Bertz CT molecular complexity index is 440. The Kier molecular flexibility index (Phi) is 6.23. The van der Waals surface area contributed by atoms with Crippen LogP contribution in [-0.2, 0) is 5.54 Å². The van der Waals surface area contributed by atoms with Gasteiger partial charge in [0.05, 0.1) is 11.2 Å². The van der Waals surface area contributed by atoms with E-state index in [1.165, 1.54) is 11.3 Å². The van der Waals surface area contributed by atoms with E-state index in [0.717, 1.165) is 10.7 Å². The number of nitrogens with zero attached hydrogens (tertiary/aromatic N) is 1. The second-order valence-corrected chi connectivity index (χ2v) is 7.19. The second-order valence-electron chi connectivity index (χ2n) is 6.33. The lowest BCUT2D eigenvalue weighted by Crippen LogP contribution is -2.43. The molecular formula is C15H25F3N2S. The minimum Gasteiger partial charge on any atom is -0.303 e. The summed E-state index contributed by atoms with van der Waals surface area (Å²) in [6, 6.07) is 0.187. The Balaban J connectivity index is 2.86. The number of aromatic nitrogens is 1. The van der Waals surface area contributed by atoms with Crippen LogP contribution in [0.1, 0.15) is 70.5 Å². The van der Waals surface area contributed by atoms with Crippen molar-refractivity contribution in [2.75, 3.05) is 0 Å². The van der Waals surface area contributed by atoms with Gasteiger partial charge in [0.2, 0.25) is 0 Å². The molecule has 0 bridgehead atoms. The third-order valence-corrected chi connectivity index (χ3v) is 4.45. The van der Waals surface area contributed by atoms with Crippen molar-refractivity contribution in [3.63, 3.8) is 0 Å². The number of hydrogen-bond acceptors (Lipinski definition) is 3. The molecule has 1 unspecified atom stereocenters. The molecule has 0 aliphatic rings. The lowest BCUT2D eigenvalue weighted by Gasteiger charge is -2.31. The highest BCUT2D eigenvalue weighted by atomic mass is 32.1. The highest BCUT2D eigenvalue weighted by Gasteiger charge is 2.33. The zero-order chi connectivity index (χ0) is 16.3. The van der Waals surface area contributed by atoms with E-state index >= 15 is 0 Å². The molecule has 1 aromatic heterocycles. The van der Waals surface area contributed by atoms with E-state index in [0.29, 0.717) is 12.3 Å². The van der Waals surface area contributed by atoms with E-state index in [-0.39, 0.29) is 12.5 Å². The van der Waals surface area contributed by atoms with Gasteiger partial charge in [-0.15, -0.1) is 11.3 Å². The Hall–Kier alpha value is -0.620. The van der Waals surface area contributed by atoms with Crippen LogP contribution in [0.5, 0.6) is 0 Å². The number of halogens is 3. The zero-order valence-corrected chi connectivity index (χ0v) is 14.2. The summed E-state index contributed by atoms with van der Waals surface area (Å²) in [4.78, 5) is 4.62. The summed E-state index contributed by atoms with van der Waals surface area (Å²) in [6.07, 6.45) is -4.30. The normalized spacial score (nSPS) is 15.7. The van der Waals surface area contributed by atoms with Gasteiger partial charge in [-0.3, -0.25) is 0 Å². The van der Waals surface area contributed by atoms with Gasteiger partial charge in [-0.25, -0.2) is 4.98 Å². The van der Waals surface area contributed by atoms with Gasteiger partial charge in [-0.1, -0.05) is 13.8 Å². The first-order chi connectivity index (χ1) is 9.53. The molecule has 0 spiro atoms. The second kappa shape index (κ2) is 7.09. The fraction of sp³-hybridized carbons (Fsp3) is 0.800. The zero-order valence-electron chi connectivity index (χ0n) is 13.3. The fourth-order valence-corrected chi connectivity index (χ4v) is 3.46. The van der Waals surface area contributed by atoms with Crippen LogP contribution in [0.4, 0.5) is 13.2 Å². The monoisotopic (exact) mass is 322 g/mol.